The molecule has 3 aromatic rings. The first-order valence-corrected chi connectivity index (χ1v) is 12.7. The van der Waals surface area contributed by atoms with Crippen molar-refractivity contribution in [3.05, 3.63) is 102 Å². The van der Waals surface area contributed by atoms with E-state index in [1.165, 1.54) is 17.3 Å². The van der Waals surface area contributed by atoms with Gasteiger partial charge in [0.1, 0.15) is 16.7 Å². The lowest BCUT2D eigenvalue weighted by Crippen LogP contribution is -2.27. The quantitative estimate of drug-likeness (QED) is 0.219. The average Bonchev–Trinajstić information content (AvgIpc) is 3.03. The maximum Gasteiger partial charge on any atom is 0.266 e. The van der Waals surface area contributed by atoms with Gasteiger partial charge in [0.05, 0.1) is 15.9 Å². The fourth-order valence-electron chi connectivity index (χ4n) is 3.18. The maximum atomic E-state index is 12.9. The number of thioether (sulfide) groups is 1. The number of thiocarbonyl (C=S) groups is 1. The topological polar surface area (TPSA) is 29.5 Å². The number of hydrogen-bond donors (Lipinski definition) is 0. The normalized spacial score (nSPS) is 14.9. The second-order valence-electron chi connectivity index (χ2n) is 7.47. The Bertz CT molecular complexity index is 1260. The fraction of sp³-hybridized carbons (Fsp3) is 0.120. The van der Waals surface area contributed by atoms with E-state index in [-0.39, 0.29) is 5.91 Å². The van der Waals surface area contributed by atoms with Gasteiger partial charge in [-0.1, -0.05) is 89.1 Å². The summed E-state index contributed by atoms with van der Waals surface area (Å²) in [4.78, 5) is 15.2. The van der Waals surface area contributed by atoms with Crippen molar-refractivity contribution in [2.24, 2.45) is 0 Å². The SMILES string of the molecule is Cc1ccc(CN2C(=O)/C(=C/c3ccc(OCc4ccc(Cl)cc4Cl)c(Br)c3)SC2=S)cc1. The molecule has 0 N–H and O–H groups in total. The van der Waals surface area contributed by atoms with Gasteiger partial charge in [0.25, 0.3) is 5.91 Å². The molecule has 1 aliphatic heterocycles. The lowest BCUT2D eigenvalue weighted by molar-refractivity contribution is -0.122. The molecule has 3 nitrogen and oxygen atoms in total. The minimum atomic E-state index is -0.0839. The van der Waals surface area contributed by atoms with Crippen LogP contribution in [0, 0.1) is 6.92 Å². The van der Waals surface area contributed by atoms with Gasteiger partial charge in [0.2, 0.25) is 0 Å². The Kier molecular flexibility index (Phi) is 7.82. The molecule has 0 radical (unpaired) electrons. The third kappa shape index (κ3) is 6.00. The molecule has 168 valence electrons. The minimum absolute atomic E-state index is 0.0839. The number of benzene rings is 3. The molecule has 0 bridgehead atoms. The van der Waals surface area contributed by atoms with Crippen molar-refractivity contribution >= 4 is 79.4 Å². The van der Waals surface area contributed by atoms with Crippen LogP contribution in [0.4, 0.5) is 0 Å². The Morgan fingerprint density at radius 2 is 1.85 bits per heavy atom. The molecule has 4 rings (SSSR count). The monoisotopic (exact) mass is 577 g/mol. The predicted molar refractivity (Wildman–Crippen MR) is 145 cm³/mol. The van der Waals surface area contributed by atoms with Crippen LogP contribution in [0.3, 0.4) is 0 Å². The molecule has 0 saturated carbocycles. The van der Waals surface area contributed by atoms with Crippen LogP contribution in [0.25, 0.3) is 6.08 Å². The number of halogens is 3. The third-order valence-electron chi connectivity index (χ3n) is 4.99. The Morgan fingerprint density at radius 1 is 1.09 bits per heavy atom. The molecule has 33 heavy (non-hydrogen) atoms. The molecule has 8 heteroatoms. The fourth-order valence-corrected chi connectivity index (χ4v) is 5.41. The Hall–Kier alpha value is -1.83. The Balaban J connectivity index is 1.45. The molecular formula is C25H18BrCl2NO2S2. The van der Waals surface area contributed by atoms with Crippen molar-refractivity contribution in [3.8, 4) is 5.75 Å². The summed E-state index contributed by atoms with van der Waals surface area (Å²) in [6, 6.07) is 19.1. The van der Waals surface area contributed by atoms with Gasteiger partial charge in [-0.25, -0.2) is 0 Å². The highest BCUT2D eigenvalue weighted by atomic mass is 79.9. The van der Waals surface area contributed by atoms with Gasteiger partial charge >= 0.3 is 0 Å². The summed E-state index contributed by atoms with van der Waals surface area (Å²) in [5.74, 6) is 0.587. The van der Waals surface area contributed by atoms with E-state index >= 15 is 0 Å². The number of aryl methyl sites for hydroxylation is 1. The molecule has 1 heterocycles. The van der Waals surface area contributed by atoms with Gasteiger partial charge in [0, 0.05) is 15.6 Å². The molecule has 0 atom stereocenters. The summed E-state index contributed by atoms with van der Waals surface area (Å²) < 4.78 is 7.24. The number of carbonyl (C=O) groups is 1. The Labute approximate surface area is 220 Å². The summed E-state index contributed by atoms with van der Waals surface area (Å²) >= 11 is 22.5. The first-order valence-electron chi connectivity index (χ1n) is 9.97. The van der Waals surface area contributed by atoms with Crippen molar-refractivity contribution in [3.63, 3.8) is 0 Å². The molecule has 3 aromatic carbocycles. The zero-order valence-electron chi connectivity index (χ0n) is 17.5. The highest BCUT2D eigenvalue weighted by Gasteiger charge is 2.32. The van der Waals surface area contributed by atoms with Crippen LogP contribution in [-0.4, -0.2) is 15.1 Å². The van der Waals surface area contributed by atoms with Gasteiger partial charge in [0.15, 0.2) is 0 Å². The molecule has 0 aromatic heterocycles. The molecule has 1 aliphatic rings. The summed E-state index contributed by atoms with van der Waals surface area (Å²) in [5, 5.41) is 1.14. The summed E-state index contributed by atoms with van der Waals surface area (Å²) in [6.07, 6.45) is 1.85. The van der Waals surface area contributed by atoms with Crippen LogP contribution < -0.4 is 4.74 Å². The van der Waals surface area contributed by atoms with Crippen LogP contribution in [0.2, 0.25) is 10.0 Å². The predicted octanol–water partition coefficient (Wildman–Crippen LogP) is 8.04. The van der Waals surface area contributed by atoms with E-state index in [1.807, 2.05) is 61.5 Å². The summed E-state index contributed by atoms with van der Waals surface area (Å²) in [5.41, 5.74) is 3.94. The van der Waals surface area contributed by atoms with Crippen molar-refractivity contribution in [1.82, 2.24) is 4.90 Å². The highest BCUT2D eigenvalue weighted by Crippen LogP contribution is 2.35. The van der Waals surface area contributed by atoms with Crippen molar-refractivity contribution in [1.29, 1.82) is 0 Å². The molecule has 1 amide bonds. The van der Waals surface area contributed by atoms with Gasteiger partial charge in [-0.05, 0) is 64.3 Å². The standard InChI is InChI=1S/C25H18BrCl2NO2S2/c1-15-2-4-16(5-3-15)13-29-24(30)23(33-25(29)32)11-17-6-9-22(20(26)10-17)31-14-18-7-8-19(27)12-21(18)28/h2-12H,13-14H2,1H3/b23-11-. The smallest absolute Gasteiger partial charge is 0.266 e. The highest BCUT2D eigenvalue weighted by molar-refractivity contribution is 9.10. The second-order valence-corrected chi connectivity index (χ2v) is 10.8. The first kappa shape index (κ1) is 24.3. The second kappa shape index (κ2) is 10.6. The van der Waals surface area contributed by atoms with Crippen LogP contribution >= 0.6 is 63.1 Å². The average molecular weight is 579 g/mol. The van der Waals surface area contributed by atoms with E-state index in [2.05, 4.69) is 15.9 Å². The van der Waals surface area contributed by atoms with E-state index in [1.54, 1.807) is 17.0 Å². The lowest BCUT2D eigenvalue weighted by Gasteiger charge is -2.14. The number of rotatable bonds is 6. The van der Waals surface area contributed by atoms with E-state index in [0.717, 1.165) is 21.2 Å². The van der Waals surface area contributed by atoms with Gasteiger partial charge in [-0.3, -0.25) is 9.69 Å². The van der Waals surface area contributed by atoms with Gasteiger partial charge in [-0.2, -0.15) is 0 Å². The zero-order valence-corrected chi connectivity index (χ0v) is 22.2. The zero-order chi connectivity index (χ0) is 23.5. The molecule has 1 fully saturated rings. The molecule has 0 unspecified atom stereocenters. The number of nitrogens with zero attached hydrogens (tertiary/aromatic N) is 1. The van der Waals surface area contributed by atoms with E-state index in [4.69, 9.17) is 40.2 Å². The lowest BCUT2D eigenvalue weighted by atomic mass is 10.1. The van der Waals surface area contributed by atoms with E-state index < -0.39 is 0 Å². The van der Waals surface area contributed by atoms with Crippen molar-refractivity contribution < 1.29 is 9.53 Å². The number of amides is 1. The molecule has 1 saturated heterocycles. The van der Waals surface area contributed by atoms with E-state index in [0.29, 0.717) is 38.2 Å². The molecule has 0 aliphatic carbocycles. The third-order valence-corrected chi connectivity index (χ3v) is 7.57. The van der Waals surface area contributed by atoms with Crippen LogP contribution in [0.15, 0.2) is 70.0 Å². The molecule has 0 spiro atoms. The summed E-state index contributed by atoms with van der Waals surface area (Å²) in [7, 11) is 0. The summed E-state index contributed by atoms with van der Waals surface area (Å²) in [6.45, 7) is 2.81. The van der Waals surface area contributed by atoms with Crippen LogP contribution in [0.1, 0.15) is 22.3 Å². The van der Waals surface area contributed by atoms with Crippen LogP contribution in [0.5, 0.6) is 5.75 Å². The number of hydrogen-bond acceptors (Lipinski definition) is 4. The maximum absolute atomic E-state index is 12.9. The molecular weight excluding hydrogens is 561 g/mol. The van der Waals surface area contributed by atoms with Crippen molar-refractivity contribution in [2.75, 3.05) is 0 Å². The van der Waals surface area contributed by atoms with Crippen LogP contribution in [-0.2, 0) is 17.9 Å². The van der Waals surface area contributed by atoms with Gasteiger partial charge < -0.3 is 4.74 Å². The number of carbonyl (C=O) groups excluding carboxylic acids is 1. The van der Waals surface area contributed by atoms with Gasteiger partial charge in [-0.15, -0.1) is 0 Å². The minimum Gasteiger partial charge on any atom is -0.488 e. The largest absolute Gasteiger partial charge is 0.488 e. The Morgan fingerprint density at radius 3 is 2.55 bits per heavy atom. The first-order chi connectivity index (χ1) is 15.8. The van der Waals surface area contributed by atoms with E-state index in [9.17, 15) is 4.79 Å². The van der Waals surface area contributed by atoms with Crippen molar-refractivity contribution in [2.45, 2.75) is 20.1 Å². The number of ether oxygens (including phenoxy) is 1.